The third kappa shape index (κ3) is 20.4. The van der Waals surface area contributed by atoms with Gasteiger partial charge in [-0.3, -0.25) is 43.2 Å². The van der Waals surface area contributed by atoms with E-state index in [0.29, 0.717) is 80.5 Å². The van der Waals surface area contributed by atoms with Gasteiger partial charge < -0.3 is 38.0 Å². The summed E-state index contributed by atoms with van der Waals surface area (Å²) in [6.07, 6.45) is 7.40. The second-order valence-electron chi connectivity index (χ2n) is 18.4. The molecule has 2 amide bonds. The van der Waals surface area contributed by atoms with Gasteiger partial charge in [0.15, 0.2) is 11.6 Å². The summed E-state index contributed by atoms with van der Waals surface area (Å²) in [6.45, 7) is 4.11. The highest BCUT2D eigenvalue weighted by Crippen LogP contribution is 2.47. The summed E-state index contributed by atoms with van der Waals surface area (Å²) >= 11 is 5.00. The van der Waals surface area contributed by atoms with E-state index in [1.165, 1.54) is 51.0 Å². The number of aliphatic hydroxyl groups excluding tert-OH is 1. The number of aliphatic carboxylic acids is 1. The van der Waals surface area contributed by atoms with E-state index >= 15 is 0 Å². The smallest absolute Gasteiger partial charge is 0.300 e. The Kier molecular flexibility index (Phi) is 26.3. The van der Waals surface area contributed by atoms with Crippen molar-refractivity contribution in [1.82, 2.24) is 22.1 Å². The number of dihydropyridines is 1. The number of nitrogens with one attached hydrogen (secondary N) is 3. The van der Waals surface area contributed by atoms with Crippen LogP contribution in [0.4, 0.5) is 8.78 Å². The number of halogens is 2. The third-order valence-electron chi connectivity index (χ3n) is 12.4. The van der Waals surface area contributed by atoms with E-state index in [1.807, 2.05) is 40.4 Å². The molecular formula is C58H65F2N5O11S3. The van der Waals surface area contributed by atoms with Gasteiger partial charge in [-0.25, -0.2) is 8.78 Å². The predicted molar refractivity (Wildman–Crippen MR) is 300 cm³/mol. The molecule has 3 aliphatic heterocycles. The maximum absolute atomic E-state index is 13.5. The molecule has 3 unspecified atom stereocenters. The molecule has 3 atom stereocenters. The first-order valence-corrected chi connectivity index (χ1v) is 27.7. The molecule has 16 nitrogen and oxygen atoms in total. The molecule has 420 valence electrons. The summed E-state index contributed by atoms with van der Waals surface area (Å²) in [5.74, 6) is -1.12. The van der Waals surface area contributed by atoms with Gasteiger partial charge in [-0.2, -0.15) is 0 Å². The van der Waals surface area contributed by atoms with Crippen LogP contribution in [0.1, 0.15) is 132 Å². The number of carbonyl (C=O) groups is 9. The van der Waals surface area contributed by atoms with Crippen LogP contribution in [-0.4, -0.2) is 82.9 Å². The Hall–Kier alpha value is -7.43. The Balaban J connectivity index is 0.000000223. The molecule has 5 aromatic rings. The SMILES string of the molecule is CC(=O)O.CCO.N.NC1=CC(=O)CC(c2cccs2)C1.O=C1CC(=O)CC(c2cccs2)C1.O=C1CC(c2cccs2)CC2=C1C(c1ccc(F)cc1)C1=C(CCNC1=O)N2.O=C1CCNC(=O)C1.O=Cc1ccc(F)cc1. The highest BCUT2D eigenvalue weighted by molar-refractivity contribution is 7.10. The number of ketones is 5. The van der Waals surface area contributed by atoms with Crippen LogP contribution < -0.4 is 27.8 Å². The number of allylic oxidation sites excluding steroid dienone is 4. The lowest BCUT2D eigenvalue weighted by atomic mass is 9.71. The number of carbonyl (C=O) groups excluding carboxylic acids is 8. The van der Waals surface area contributed by atoms with Crippen LogP contribution in [0.15, 0.2) is 135 Å². The Morgan fingerprint density at radius 3 is 1.61 bits per heavy atom. The Morgan fingerprint density at radius 1 is 0.658 bits per heavy atom. The molecule has 2 fully saturated rings. The minimum atomic E-state index is -0.833. The van der Waals surface area contributed by atoms with E-state index in [9.17, 15) is 47.1 Å². The number of hydrogen-bond donors (Lipinski definition) is 7. The second kappa shape index (κ2) is 32.5. The number of amides is 2. The van der Waals surface area contributed by atoms with E-state index in [0.717, 1.165) is 42.4 Å². The molecule has 0 bridgehead atoms. The molecule has 0 spiro atoms. The van der Waals surface area contributed by atoms with Crippen molar-refractivity contribution < 1.29 is 62.1 Å². The van der Waals surface area contributed by atoms with Gasteiger partial charge in [0.05, 0.1) is 12.8 Å². The average Bonchev–Trinajstić information content (AvgIpc) is 4.25. The van der Waals surface area contributed by atoms with Crippen molar-refractivity contribution in [2.45, 2.75) is 102 Å². The Morgan fingerprint density at radius 2 is 1.15 bits per heavy atom. The molecule has 6 heterocycles. The zero-order chi connectivity index (χ0) is 56.7. The summed E-state index contributed by atoms with van der Waals surface area (Å²) in [5.41, 5.74) is 10.7. The van der Waals surface area contributed by atoms with Crippen LogP contribution in [0.5, 0.6) is 0 Å². The molecule has 3 aliphatic carbocycles. The number of piperidine rings is 1. The summed E-state index contributed by atoms with van der Waals surface area (Å²) in [4.78, 5) is 103. The van der Waals surface area contributed by atoms with Crippen LogP contribution in [0, 0.1) is 11.6 Å². The van der Waals surface area contributed by atoms with Crippen LogP contribution in [0.2, 0.25) is 0 Å². The lowest BCUT2D eigenvalue weighted by Crippen LogP contribution is -2.43. The molecule has 0 radical (unpaired) electrons. The molecule has 11 rings (SSSR count). The van der Waals surface area contributed by atoms with Gasteiger partial charge in [-0.1, -0.05) is 30.3 Å². The number of thiophene rings is 3. The van der Waals surface area contributed by atoms with Crippen LogP contribution in [0.3, 0.4) is 0 Å². The fourth-order valence-electron chi connectivity index (χ4n) is 9.10. The predicted octanol–water partition coefficient (Wildman–Crippen LogP) is 9.30. The Labute approximate surface area is 468 Å². The number of aliphatic hydroxyl groups is 1. The van der Waals surface area contributed by atoms with Gasteiger partial charge in [-0.05, 0) is 102 Å². The molecule has 21 heteroatoms. The second-order valence-corrected chi connectivity index (χ2v) is 21.4. The monoisotopic (exact) mass is 1140 g/mol. The lowest BCUT2D eigenvalue weighted by molar-refractivity contribution is -0.135. The molecular weight excluding hydrogens is 1080 g/mol. The normalized spacial score (nSPS) is 19.3. The quantitative estimate of drug-likeness (QED) is 0.0638. The highest BCUT2D eigenvalue weighted by atomic mass is 32.1. The summed E-state index contributed by atoms with van der Waals surface area (Å²) in [5, 5.41) is 29.9. The fourth-order valence-corrected chi connectivity index (χ4v) is 11.6. The van der Waals surface area contributed by atoms with Crippen LogP contribution >= 0.6 is 34.0 Å². The number of benzene rings is 2. The number of Topliss-reactive ketones (excluding diaryl/α,β-unsaturated/α-hetero) is 4. The molecule has 2 aromatic carbocycles. The van der Waals surface area contributed by atoms with E-state index in [4.69, 9.17) is 20.7 Å². The average molecular weight is 1140 g/mol. The van der Waals surface area contributed by atoms with Crippen LogP contribution in [0.25, 0.3) is 0 Å². The van der Waals surface area contributed by atoms with E-state index in [-0.39, 0.29) is 89.8 Å². The van der Waals surface area contributed by atoms with Gasteiger partial charge in [0, 0.05) is 137 Å². The third-order valence-corrected chi connectivity index (χ3v) is 15.5. The minimum Gasteiger partial charge on any atom is -0.481 e. The van der Waals surface area contributed by atoms with Crippen molar-refractivity contribution in [2.24, 2.45) is 5.73 Å². The molecule has 3 aromatic heterocycles. The van der Waals surface area contributed by atoms with Gasteiger partial charge in [0.2, 0.25) is 11.8 Å². The van der Waals surface area contributed by atoms with Gasteiger partial charge in [-0.15, -0.1) is 34.0 Å². The Bertz CT molecular complexity index is 2910. The van der Waals surface area contributed by atoms with E-state index < -0.39 is 11.9 Å². The summed E-state index contributed by atoms with van der Waals surface area (Å²) in [6, 6.07) is 23.6. The van der Waals surface area contributed by atoms with Crippen LogP contribution in [-0.2, 0) is 38.4 Å². The van der Waals surface area contributed by atoms with Crippen molar-refractivity contribution in [3.8, 4) is 0 Å². The minimum absolute atomic E-state index is 0. The molecule has 1 saturated carbocycles. The zero-order valence-corrected chi connectivity index (χ0v) is 46.3. The molecule has 6 aliphatic rings. The molecule has 79 heavy (non-hydrogen) atoms. The maximum atomic E-state index is 13.5. The van der Waals surface area contributed by atoms with E-state index in [1.54, 1.807) is 59.1 Å². The maximum Gasteiger partial charge on any atom is 0.300 e. The summed E-state index contributed by atoms with van der Waals surface area (Å²) in [7, 11) is 0. The van der Waals surface area contributed by atoms with Gasteiger partial charge in [0.1, 0.15) is 35.3 Å². The first kappa shape index (κ1) is 64.1. The van der Waals surface area contributed by atoms with Crippen molar-refractivity contribution >= 4 is 87.0 Å². The van der Waals surface area contributed by atoms with Crippen molar-refractivity contribution in [2.75, 3.05) is 19.7 Å². The number of carboxylic acid groups (broad SMARTS) is 1. The largest absolute Gasteiger partial charge is 0.481 e. The number of carboxylic acids is 1. The zero-order valence-electron chi connectivity index (χ0n) is 43.8. The molecule has 1 saturated heterocycles. The fraction of sp³-hybridized carbons (Fsp3) is 0.328. The van der Waals surface area contributed by atoms with E-state index in [2.05, 4.69) is 28.1 Å². The molecule has 10 N–H and O–H groups in total. The standard InChI is InChI=1S/C22H19FN2O2S.C10H11NOS.C10H10O2S.C7H5FO.C5H7NO2.C2H4O2.C2H6O.H3N/c23-14-5-3-12(4-6-14)19-20-16(25-15-7-8-24-22(27)21(15)19)10-13(11-17(20)26)18-2-1-9-28-18;2*11-8-4-7(5-9(12)6-8)10-2-1-3-13-10;8-7-3-1-6(5-9)2-4-7;7-4-1-2-6-5(8)3-4;1-2(3)4;1-2-3;/h1-6,9,13,19,25H,7-8,10-11H2,(H,24,27);1-3,6-7H,4-5,11H2;1-3,7H,4-6H2;1-5H;1-3H2,(H,6,8);1H3,(H,3,4);3H,2H2,1H3;1H3. The number of aldehydes is 1. The first-order valence-electron chi connectivity index (χ1n) is 25.1. The number of hydrogen-bond acceptors (Lipinski definition) is 16. The number of nitrogens with two attached hydrogens (primary N) is 1. The van der Waals surface area contributed by atoms with Gasteiger partial charge in [0.25, 0.3) is 5.97 Å². The van der Waals surface area contributed by atoms with Crippen molar-refractivity contribution in [3.63, 3.8) is 0 Å². The lowest BCUT2D eigenvalue weighted by Gasteiger charge is -2.39. The van der Waals surface area contributed by atoms with Crippen molar-refractivity contribution in [1.29, 1.82) is 0 Å². The summed E-state index contributed by atoms with van der Waals surface area (Å²) < 4.78 is 25.6. The topological polar surface area (TPSA) is 291 Å². The number of rotatable bonds is 5. The van der Waals surface area contributed by atoms with Crippen molar-refractivity contribution in [3.05, 3.63) is 173 Å². The van der Waals surface area contributed by atoms with Gasteiger partial charge >= 0.3 is 0 Å². The first-order chi connectivity index (χ1) is 37.4. The highest BCUT2D eigenvalue weighted by Gasteiger charge is 2.42.